The van der Waals surface area contributed by atoms with Crippen LogP contribution in [-0.4, -0.2) is 10.9 Å². The number of rotatable bonds is 6. The Morgan fingerprint density at radius 1 is 1.03 bits per heavy atom. The summed E-state index contributed by atoms with van der Waals surface area (Å²) in [6.07, 6.45) is 10.1. The quantitative estimate of drug-likeness (QED) is 0.605. The van der Waals surface area contributed by atoms with Gasteiger partial charge in [-0.1, -0.05) is 55.5 Å². The molecule has 0 amide bonds. The van der Waals surface area contributed by atoms with E-state index in [0.29, 0.717) is 29.5 Å². The summed E-state index contributed by atoms with van der Waals surface area (Å²) in [4.78, 5) is 12.6. The van der Waals surface area contributed by atoms with E-state index in [9.17, 15) is 9.90 Å². The Morgan fingerprint density at radius 3 is 2.68 bits per heavy atom. The molecule has 3 aliphatic rings. The minimum absolute atomic E-state index is 0.146. The fourth-order valence-electron chi connectivity index (χ4n) is 7.56. The first-order chi connectivity index (χ1) is 15.1. The molecule has 31 heavy (non-hydrogen) atoms. The van der Waals surface area contributed by atoms with Crippen molar-refractivity contribution in [1.82, 2.24) is 0 Å². The van der Waals surface area contributed by atoms with Crippen LogP contribution in [0.15, 0.2) is 48.5 Å². The molecule has 2 aromatic rings. The Hall–Kier alpha value is -1.93. The van der Waals surface area contributed by atoms with Crippen molar-refractivity contribution < 1.29 is 9.90 Å². The van der Waals surface area contributed by atoms with Crippen LogP contribution >= 0.6 is 0 Å². The molecule has 2 fully saturated rings. The molecular weight excluding hydrogens is 380 g/mol. The first-order valence-electron chi connectivity index (χ1n) is 12.4. The summed E-state index contributed by atoms with van der Waals surface area (Å²) in [5.74, 6) is 3.42. The summed E-state index contributed by atoms with van der Waals surface area (Å²) in [6.45, 7) is 2.70. The van der Waals surface area contributed by atoms with Crippen molar-refractivity contribution in [2.24, 2.45) is 23.2 Å². The largest absolute Gasteiger partial charge is 0.392 e. The lowest BCUT2D eigenvalue weighted by Crippen LogP contribution is -2.42. The molecule has 5 atom stereocenters. The molecule has 2 saturated carbocycles. The minimum atomic E-state index is 0.146. The number of aliphatic hydroxyl groups is 1. The number of aryl methyl sites for hydroxylation is 1. The predicted octanol–water partition coefficient (Wildman–Crippen LogP) is 6.24. The van der Waals surface area contributed by atoms with E-state index in [1.165, 1.54) is 37.7 Å². The number of fused-ring (bicyclic) bond motifs is 5. The molecule has 2 nitrogen and oxygen atoms in total. The number of hydrogen-bond donors (Lipinski definition) is 1. The van der Waals surface area contributed by atoms with E-state index in [4.69, 9.17) is 0 Å². The Kier molecular flexibility index (Phi) is 5.77. The van der Waals surface area contributed by atoms with Crippen molar-refractivity contribution in [3.63, 3.8) is 0 Å². The third-order valence-corrected chi connectivity index (χ3v) is 9.19. The second-order valence-electron chi connectivity index (χ2n) is 10.7. The molecule has 0 aromatic heterocycles. The van der Waals surface area contributed by atoms with Crippen molar-refractivity contribution >= 4 is 5.78 Å². The van der Waals surface area contributed by atoms with Crippen LogP contribution in [0.3, 0.4) is 0 Å². The zero-order chi connectivity index (χ0) is 21.4. The highest BCUT2D eigenvalue weighted by Gasteiger charge is 2.54. The maximum absolute atomic E-state index is 12.6. The smallest absolute Gasteiger partial charge is 0.137 e. The lowest BCUT2D eigenvalue weighted by Gasteiger charge is -2.51. The van der Waals surface area contributed by atoms with Gasteiger partial charge in [-0.3, -0.25) is 4.79 Å². The monoisotopic (exact) mass is 416 g/mol. The molecule has 164 valence electrons. The first-order valence-corrected chi connectivity index (χ1v) is 12.4. The summed E-state index contributed by atoms with van der Waals surface area (Å²) >= 11 is 0. The summed E-state index contributed by atoms with van der Waals surface area (Å²) < 4.78 is 0. The summed E-state index contributed by atoms with van der Waals surface area (Å²) in [5, 5.41) is 9.51. The number of carbonyl (C=O) groups excluding carboxylic acids is 1. The third kappa shape index (κ3) is 3.89. The van der Waals surface area contributed by atoms with E-state index in [1.54, 1.807) is 5.56 Å². The second-order valence-corrected chi connectivity index (χ2v) is 10.7. The molecule has 0 aliphatic heterocycles. The van der Waals surface area contributed by atoms with Gasteiger partial charge in [-0.15, -0.1) is 0 Å². The Bertz CT molecular complexity index is 933. The Morgan fingerprint density at radius 2 is 1.87 bits per heavy atom. The number of ketones is 1. The van der Waals surface area contributed by atoms with E-state index in [1.807, 2.05) is 18.2 Å². The minimum Gasteiger partial charge on any atom is -0.392 e. The van der Waals surface area contributed by atoms with Gasteiger partial charge in [0, 0.05) is 12.8 Å². The van der Waals surface area contributed by atoms with Crippen LogP contribution in [0.25, 0.3) is 0 Å². The molecule has 5 rings (SSSR count). The average Bonchev–Trinajstić information content (AvgIpc) is 3.14. The molecular formula is C29H36O2. The highest BCUT2D eigenvalue weighted by atomic mass is 16.3. The zero-order valence-corrected chi connectivity index (χ0v) is 18.9. The van der Waals surface area contributed by atoms with Crippen LogP contribution < -0.4 is 0 Å². The maximum Gasteiger partial charge on any atom is 0.137 e. The molecule has 0 spiro atoms. The Balaban J connectivity index is 1.25. The SMILES string of the molecule is C[C@]12CC[C@@H]3c4ccc(CO)cc4CC[C@H]3[C@@H]1CC[C@@H]2CCC(=O)Cc1ccccc1. The van der Waals surface area contributed by atoms with Crippen LogP contribution in [0.4, 0.5) is 0 Å². The van der Waals surface area contributed by atoms with E-state index in [2.05, 4.69) is 37.3 Å². The van der Waals surface area contributed by atoms with Crippen LogP contribution in [0.1, 0.15) is 80.0 Å². The van der Waals surface area contributed by atoms with Gasteiger partial charge in [-0.2, -0.15) is 0 Å². The van der Waals surface area contributed by atoms with Crippen molar-refractivity contribution in [3.05, 3.63) is 70.8 Å². The normalized spacial score (nSPS) is 31.5. The van der Waals surface area contributed by atoms with E-state index in [-0.39, 0.29) is 6.61 Å². The van der Waals surface area contributed by atoms with E-state index >= 15 is 0 Å². The number of benzene rings is 2. The molecule has 0 heterocycles. The van der Waals surface area contributed by atoms with Gasteiger partial charge in [0.05, 0.1) is 6.61 Å². The molecule has 3 aliphatic carbocycles. The van der Waals surface area contributed by atoms with E-state index < -0.39 is 0 Å². The van der Waals surface area contributed by atoms with Gasteiger partial charge in [0.1, 0.15) is 5.78 Å². The summed E-state index contributed by atoms with van der Waals surface area (Å²) in [7, 11) is 0. The highest BCUT2D eigenvalue weighted by Crippen LogP contribution is 2.63. The predicted molar refractivity (Wildman–Crippen MR) is 125 cm³/mol. The standard InChI is InChI=1S/C29H36O2/c1-29-16-15-26-25-12-7-21(19-30)17-22(25)8-13-27(26)28(29)14-10-23(29)9-11-24(31)18-20-5-3-2-4-6-20/h2-7,12,17,23,26-28,30H,8-11,13-16,18-19H2,1H3/t23-,26+,27+,28-,29+/m0/s1. The van der Waals surface area contributed by atoms with Crippen molar-refractivity contribution in [1.29, 1.82) is 0 Å². The van der Waals surface area contributed by atoms with Gasteiger partial charge in [0.25, 0.3) is 0 Å². The van der Waals surface area contributed by atoms with Gasteiger partial charge in [-0.25, -0.2) is 0 Å². The molecule has 0 bridgehead atoms. The number of aliphatic hydroxyl groups excluding tert-OH is 1. The molecule has 1 N–H and O–H groups in total. The van der Waals surface area contributed by atoms with Crippen LogP contribution in [0.5, 0.6) is 0 Å². The molecule has 0 radical (unpaired) electrons. The zero-order valence-electron chi connectivity index (χ0n) is 18.9. The van der Waals surface area contributed by atoms with Gasteiger partial charge < -0.3 is 5.11 Å². The van der Waals surface area contributed by atoms with Crippen molar-refractivity contribution in [2.45, 2.75) is 77.2 Å². The molecule has 2 heteroatoms. The Labute approximate surface area is 187 Å². The van der Waals surface area contributed by atoms with Crippen LogP contribution in [0, 0.1) is 23.2 Å². The first kappa shape index (κ1) is 20.9. The number of Topliss-reactive ketones (excluding diaryl/α,β-unsaturated/α-hetero) is 1. The molecule has 0 unspecified atom stereocenters. The lowest BCUT2D eigenvalue weighted by molar-refractivity contribution is -0.119. The molecule has 2 aromatic carbocycles. The second kappa shape index (κ2) is 8.54. The average molecular weight is 417 g/mol. The van der Waals surface area contributed by atoms with Gasteiger partial charge >= 0.3 is 0 Å². The summed E-state index contributed by atoms with van der Waals surface area (Å²) in [6, 6.07) is 16.9. The van der Waals surface area contributed by atoms with Gasteiger partial charge in [-0.05, 0) is 96.3 Å². The van der Waals surface area contributed by atoms with Gasteiger partial charge in [0.2, 0.25) is 0 Å². The maximum atomic E-state index is 12.6. The fourth-order valence-corrected chi connectivity index (χ4v) is 7.56. The number of hydrogen-bond acceptors (Lipinski definition) is 2. The van der Waals surface area contributed by atoms with Crippen LogP contribution in [-0.2, 0) is 24.2 Å². The van der Waals surface area contributed by atoms with Gasteiger partial charge in [0.15, 0.2) is 0 Å². The highest BCUT2D eigenvalue weighted by molar-refractivity contribution is 5.80. The lowest BCUT2D eigenvalue weighted by atomic mass is 9.54. The van der Waals surface area contributed by atoms with Crippen LogP contribution in [0.2, 0.25) is 0 Å². The third-order valence-electron chi connectivity index (χ3n) is 9.19. The summed E-state index contributed by atoms with van der Waals surface area (Å²) in [5.41, 5.74) is 5.67. The van der Waals surface area contributed by atoms with Crippen molar-refractivity contribution in [2.75, 3.05) is 0 Å². The van der Waals surface area contributed by atoms with Crippen molar-refractivity contribution in [3.8, 4) is 0 Å². The van der Waals surface area contributed by atoms with E-state index in [0.717, 1.165) is 42.2 Å². The fraction of sp³-hybridized carbons (Fsp3) is 0.552. The topological polar surface area (TPSA) is 37.3 Å². The molecule has 0 saturated heterocycles. The number of carbonyl (C=O) groups is 1.